The zero-order chi connectivity index (χ0) is 11.9. The van der Waals surface area contributed by atoms with Gasteiger partial charge in [-0.05, 0) is 38.3 Å². The standard InChI is InChI=1S/C13H15NO2/c1-13(2,3)14-7-10-5-4-9(12(15)16)6-11(10)8-14/h4-8H,1-3H3,(H,15,16). The number of rotatable bonds is 1. The van der Waals surface area contributed by atoms with Crippen molar-refractivity contribution in [2.45, 2.75) is 26.3 Å². The van der Waals surface area contributed by atoms with Crippen molar-refractivity contribution >= 4 is 16.7 Å². The van der Waals surface area contributed by atoms with Crippen LogP contribution in [0.25, 0.3) is 10.8 Å². The van der Waals surface area contributed by atoms with Gasteiger partial charge in [-0.2, -0.15) is 0 Å². The number of benzene rings is 1. The number of fused-ring (bicyclic) bond motifs is 1. The minimum Gasteiger partial charge on any atom is -0.478 e. The molecule has 84 valence electrons. The second-order valence-corrected chi connectivity index (χ2v) is 4.99. The van der Waals surface area contributed by atoms with Crippen LogP contribution < -0.4 is 0 Å². The number of hydrogen-bond acceptors (Lipinski definition) is 1. The number of carboxylic acids is 1. The monoisotopic (exact) mass is 217 g/mol. The lowest BCUT2D eigenvalue weighted by atomic mass is 10.1. The maximum absolute atomic E-state index is 10.8. The fourth-order valence-electron chi connectivity index (χ4n) is 1.66. The van der Waals surface area contributed by atoms with Gasteiger partial charge in [0, 0.05) is 23.3 Å². The van der Waals surface area contributed by atoms with Crippen molar-refractivity contribution in [3.05, 3.63) is 36.2 Å². The van der Waals surface area contributed by atoms with E-state index >= 15 is 0 Å². The van der Waals surface area contributed by atoms with Crippen LogP contribution >= 0.6 is 0 Å². The summed E-state index contributed by atoms with van der Waals surface area (Å²) >= 11 is 0. The molecule has 16 heavy (non-hydrogen) atoms. The highest BCUT2D eigenvalue weighted by Gasteiger charge is 2.13. The molecule has 0 amide bonds. The molecule has 0 aliphatic carbocycles. The minimum atomic E-state index is -0.884. The Morgan fingerprint density at radius 1 is 1.19 bits per heavy atom. The fourth-order valence-corrected chi connectivity index (χ4v) is 1.66. The van der Waals surface area contributed by atoms with Crippen LogP contribution in [0.2, 0.25) is 0 Å². The molecule has 2 rings (SSSR count). The van der Waals surface area contributed by atoms with Crippen molar-refractivity contribution in [3.63, 3.8) is 0 Å². The molecule has 3 heteroatoms. The summed E-state index contributed by atoms with van der Waals surface area (Å²) < 4.78 is 2.10. The van der Waals surface area contributed by atoms with Gasteiger partial charge in [0.2, 0.25) is 0 Å². The van der Waals surface area contributed by atoms with Crippen molar-refractivity contribution in [1.82, 2.24) is 4.57 Å². The summed E-state index contributed by atoms with van der Waals surface area (Å²) in [5, 5.41) is 10.9. The summed E-state index contributed by atoms with van der Waals surface area (Å²) in [5.41, 5.74) is 0.349. The molecular weight excluding hydrogens is 202 g/mol. The van der Waals surface area contributed by atoms with Gasteiger partial charge in [-0.15, -0.1) is 0 Å². The van der Waals surface area contributed by atoms with Crippen LogP contribution in [0.15, 0.2) is 30.6 Å². The Balaban J connectivity index is 2.59. The second-order valence-electron chi connectivity index (χ2n) is 4.99. The molecule has 0 saturated heterocycles. The van der Waals surface area contributed by atoms with Crippen LogP contribution in [-0.2, 0) is 5.54 Å². The van der Waals surface area contributed by atoms with E-state index in [-0.39, 0.29) is 5.54 Å². The molecule has 0 aliphatic heterocycles. The predicted octanol–water partition coefficient (Wildman–Crippen LogP) is 3.09. The maximum Gasteiger partial charge on any atom is 0.335 e. The Morgan fingerprint density at radius 3 is 2.38 bits per heavy atom. The molecule has 0 bridgehead atoms. The third-order valence-electron chi connectivity index (χ3n) is 2.66. The van der Waals surface area contributed by atoms with Crippen molar-refractivity contribution < 1.29 is 9.90 Å². The van der Waals surface area contributed by atoms with E-state index in [4.69, 9.17) is 5.11 Å². The lowest BCUT2D eigenvalue weighted by Crippen LogP contribution is -2.19. The molecule has 1 heterocycles. The SMILES string of the molecule is CC(C)(C)n1cc2ccc(C(=O)O)cc2c1. The third-order valence-corrected chi connectivity index (χ3v) is 2.66. The average molecular weight is 217 g/mol. The molecule has 0 aliphatic rings. The number of aromatic carboxylic acids is 1. The first-order chi connectivity index (χ1) is 7.38. The van der Waals surface area contributed by atoms with Gasteiger partial charge in [-0.25, -0.2) is 4.79 Å². The van der Waals surface area contributed by atoms with E-state index in [1.807, 2.05) is 18.5 Å². The maximum atomic E-state index is 10.8. The number of carbonyl (C=O) groups is 1. The van der Waals surface area contributed by atoms with Crippen molar-refractivity contribution in [2.24, 2.45) is 0 Å². The van der Waals surface area contributed by atoms with Gasteiger partial charge in [0.05, 0.1) is 5.56 Å². The first-order valence-electron chi connectivity index (χ1n) is 5.23. The van der Waals surface area contributed by atoms with Gasteiger partial charge in [0.1, 0.15) is 0 Å². The normalized spacial score (nSPS) is 11.9. The van der Waals surface area contributed by atoms with Crippen LogP contribution in [0.3, 0.4) is 0 Å². The summed E-state index contributed by atoms with van der Waals surface area (Å²) in [6, 6.07) is 5.19. The Hall–Kier alpha value is -1.77. The fraction of sp³-hybridized carbons (Fsp3) is 0.308. The predicted molar refractivity (Wildman–Crippen MR) is 63.9 cm³/mol. The highest BCUT2D eigenvalue weighted by Crippen LogP contribution is 2.22. The van der Waals surface area contributed by atoms with E-state index in [2.05, 4.69) is 25.3 Å². The summed E-state index contributed by atoms with van der Waals surface area (Å²) in [7, 11) is 0. The first kappa shape index (κ1) is 10.7. The molecule has 0 atom stereocenters. The highest BCUT2D eigenvalue weighted by atomic mass is 16.4. The van der Waals surface area contributed by atoms with Gasteiger partial charge < -0.3 is 9.67 Å². The molecule has 0 fully saturated rings. The molecule has 3 nitrogen and oxygen atoms in total. The molecule has 1 aromatic carbocycles. The van der Waals surface area contributed by atoms with Crippen LogP contribution in [0.4, 0.5) is 0 Å². The number of aromatic nitrogens is 1. The van der Waals surface area contributed by atoms with Crippen molar-refractivity contribution in [3.8, 4) is 0 Å². The average Bonchev–Trinajstić information content (AvgIpc) is 2.58. The highest BCUT2D eigenvalue weighted by molar-refractivity contribution is 5.94. The van der Waals surface area contributed by atoms with Crippen LogP contribution in [0, 0.1) is 0 Å². The molecule has 0 radical (unpaired) electrons. The zero-order valence-electron chi connectivity index (χ0n) is 9.69. The van der Waals surface area contributed by atoms with Crippen LogP contribution in [-0.4, -0.2) is 15.6 Å². The summed E-state index contributed by atoms with van der Waals surface area (Å²) in [4.78, 5) is 10.8. The van der Waals surface area contributed by atoms with E-state index < -0.39 is 5.97 Å². The number of nitrogens with zero attached hydrogens (tertiary/aromatic N) is 1. The molecular formula is C13H15NO2. The van der Waals surface area contributed by atoms with Crippen LogP contribution in [0.5, 0.6) is 0 Å². The third kappa shape index (κ3) is 1.81. The van der Waals surface area contributed by atoms with Gasteiger partial charge in [0.25, 0.3) is 0 Å². The van der Waals surface area contributed by atoms with Gasteiger partial charge >= 0.3 is 5.97 Å². The van der Waals surface area contributed by atoms with Gasteiger partial charge in [-0.3, -0.25) is 0 Å². The van der Waals surface area contributed by atoms with Crippen molar-refractivity contribution in [1.29, 1.82) is 0 Å². The smallest absolute Gasteiger partial charge is 0.335 e. The van der Waals surface area contributed by atoms with E-state index in [1.165, 1.54) is 0 Å². The van der Waals surface area contributed by atoms with Gasteiger partial charge in [0.15, 0.2) is 0 Å². The Bertz CT molecular complexity index is 547. The van der Waals surface area contributed by atoms with E-state index in [0.29, 0.717) is 5.56 Å². The van der Waals surface area contributed by atoms with Gasteiger partial charge in [-0.1, -0.05) is 6.07 Å². The van der Waals surface area contributed by atoms with E-state index in [0.717, 1.165) is 10.8 Å². The lowest BCUT2D eigenvalue weighted by Gasteiger charge is -2.20. The summed E-state index contributed by atoms with van der Waals surface area (Å²) in [6.45, 7) is 6.35. The molecule has 1 aromatic heterocycles. The topological polar surface area (TPSA) is 42.2 Å². The number of hydrogen-bond donors (Lipinski definition) is 1. The minimum absolute atomic E-state index is 0.0163. The van der Waals surface area contributed by atoms with E-state index in [1.54, 1.807) is 12.1 Å². The molecule has 0 unspecified atom stereocenters. The lowest BCUT2D eigenvalue weighted by molar-refractivity contribution is 0.0697. The van der Waals surface area contributed by atoms with E-state index in [9.17, 15) is 4.79 Å². The molecule has 1 N–H and O–H groups in total. The molecule has 0 spiro atoms. The number of carboxylic acid groups (broad SMARTS) is 1. The Morgan fingerprint density at radius 2 is 1.81 bits per heavy atom. The Labute approximate surface area is 94.3 Å². The summed E-state index contributed by atoms with van der Waals surface area (Å²) in [6.07, 6.45) is 4.03. The quantitative estimate of drug-likeness (QED) is 0.797. The largest absolute Gasteiger partial charge is 0.478 e. The van der Waals surface area contributed by atoms with Crippen molar-refractivity contribution in [2.75, 3.05) is 0 Å². The second kappa shape index (κ2) is 3.37. The molecule has 2 aromatic rings. The Kier molecular flexibility index (Phi) is 2.26. The zero-order valence-corrected chi connectivity index (χ0v) is 9.69. The summed E-state index contributed by atoms with van der Waals surface area (Å²) in [5.74, 6) is -0.884. The first-order valence-corrected chi connectivity index (χ1v) is 5.23. The van der Waals surface area contributed by atoms with Crippen LogP contribution in [0.1, 0.15) is 31.1 Å². The molecule has 0 saturated carbocycles.